The highest BCUT2D eigenvalue weighted by Crippen LogP contribution is 2.35. The number of nitrogens with zero attached hydrogens (tertiary/aromatic N) is 3. The third-order valence-corrected chi connectivity index (χ3v) is 5.63. The molecule has 0 spiro atoms. The van der Waals surface area contributed by atoms with Crippen LogP contribution in [0.1, 0.15) is 11.5 Å². The Hall–Kier alpha value is -1.55. The van der Waals surface area contributed by atoms with E-state index in [9.17, 15) is 10.1 Å². The molecule has 2 atom stereocenters. The van der Waals surface area contributed by atoms with Gasteiger partial charge in [-0.2, -0.15) is 5.26 Å². The fraction of sp³-hybridized carbons (Fsp3) is 0.529. The van der Waals surface area contributed by atoms with Gasteiger partial charge in [-0.15, -0.1) is 11.8 Å². The summed E-state index contributed by atoms with van der Waals surface area (Å²) in [5, 5.41) is 9.55. The van der Waals surface area contributed by atoms with Crippen LogP contribution in [0, 0.1) is 11.3 Å². The van der Waals surface area contributed by atoms with Gasteiger partial charge < -0.3 is 9.64 Å². The molecule has 0 N–H and O–H groups in total. The molecule has 2 heterocycles. The SMILES string of the molecule is N#CC(c1ccccc1)C1SCC(=O)N1CCN1CCOCC1. The number of morpholine rings is 1. The lowest BCUT2D eigenvalue weighted by molar-refractivity contribution is -0.128. The number of amides is 1. The molecule has 0 bridgehead atoms. The highest BCUT2D eigenvalue weighted by molar-refractivity contribution is 8.01. The van der Waals surface area contributed by atoms with E-state index in [2.05, 4.69) is 11.0 Å². The molecule has 0 aliphatic carbocycles. The summed E-state index contributed by atoms with van der Waals surface area (Å²) in [6, 6.07) is 12.2. The van der Waals surface area contributed by atoms with Gasteiger partial charge in [0.2, 0.25) is 5.91 Å². The van der Waals surface area contributed by atoms with Crippen LogP contribution in [0.3, 0.4) is 0 Å². The first-order valence-corrected chi connectivity index (χ1v) is 9.00. The number of ether oxygens (including phenoxy) is 1. The third kappa shape index (κ3) is 3.86. The highest BCUT2D eigenvalue weighted by atomic mass is 32.2. The summed E-state index contributed by atoms with van der Waals surface area (Å²) in [4.78, 5) is 16.5. The van der Waals surface area contributed by atoms with E-state index < -0.39 is 0 Å². The van der Waals surface area contributed by atoms with Crippen LogP contribution in [0.5, 0.6) is 0 Å². The van der Waals surface area contributed by atoms with Crippen LogP contribution in [0.25, 0.3) is 0 Å². The molecule has 1 aromatic rings. The lowest BCUT2D eigenvalue weighted by atomic mass is 9.99. The van der Waals surface area contributed by atoms with Gasteiger partial charge in [-0.25, -0.2) is 0 Å². The maximum absolute atomic E-state index is 12.3. The van der Waals surface area contributed by atoms with E-state index >= 15 is 0 Å². The van der Waals surface area contributed by atoms with E-state index in [1.165, 1.54) is 0 Å². The van der Waals surface area contributed by atoms with Crippen molar-refractivity contribution in [2.24, 2.45) is 0 Å². The second kappa shape index (κ2) is 7.82. The van der Waals surface area contributed by atoms with Gasteiger partial charge in [-0.05, 0) is 5.56 Å². The number of carbonyl (C=O) groups excluding carboxylic acids is 1. The van der Waals surface area contributed by atoms with Crippen LogP contribution in [0.4, 0.5) is 0 Å². The molecule has 2 unspecified atom stereocenters. The average molecular weight is 331 g/mol. The molecule has 3 rings (SSSR count). The topological polar surface area (TPSA) is 56.6 Å². The van der Waals surface area contributed by atoms with Crippen LogP contribution >= 0.6 is 11.8 Å². The first-order chi connectivity index (χ1) is 11.3. The largest absolute Gasteiger partial charge is 0.379 e. The molecule has 1 aromatic carbocycles. The van der Waals surface area contributed by atoms with Crippen LogP contribution in [-0.4, -0.2) is 66.2 Å². The average Bonchev–Trinajstić information content (AvgIpc) is 2.96. The van der Waals surface area contributed by atoms with Crippen LogP contribution in [-0.2, 0) is 9.53 Å². The van der Waals surface area contributed by atoms with E-state index in [0.29, 0.717) is 12.3 Å². The Labute approximate surface area is 141 Å². The molecular formula is C17H21N3O2S. The summed E-state index contributed by atoms with van der Waals surface area (Å²) in [7, 11) is 0. The van der Waals surface area contributed by atoms with Gasteiger partial charge in [0.15, 0.2) is 0 Å². The van der Waals surface area contributed by atoms with E-state index in [0.717, 1.165) is 38.4 Å². The second-order valence-corrected chi connectivity index (χ2v) is 6.87. The second-order valence-electron chi connectivity index (χ2n) is 5.76. The Balaban J connectivity index is 1.67. The van der Waals surface area contributed by atoms with Crippen molar-refractivity contribution in [2.75, 3.05) is 45.1 Å². The van der Waals surface area contributed by atoms with Crippen LogP contribution in [0.15, 0.2) is 30.3 Å². The van der Waals surface area contributed by atoms with Crippen molar-refractivity contribution in [3.05, 3.63) is 35.9 Å². The molecule has 2 aliphatic rings. The van der Waals surface area contributed by atoms with Crippen molar-refractivity contribution in [3.63, 3.8) is 0 Å². The van der Waals surface area contributed by atoms with Gasteiger partial charge in [-0.1, -0.05) is 30.3 Å². The van der Waals surface area contributed by atoms with Crippen molar-refractivity contribution in [2.45, 2.75) is 11.3 Å². The summed E-state index contributed by atoms with van der Waals surface area (Å²) in [5.41, 5.74) is 0.985. The van der Waals surface area contributed by atoms with Gasteiger partial charge in [0.25, 0.3) is 0 Å². The predicted octanol–water partition coefficient (Wildman–Crippen LogP) is 1.53. The van der Waals surface area contributed by atoms with Crippen molar-refractivity contribution < 1.29 is 9.53 Å². The zero-order valence-corrected chi connectivity index (χ0v) is 13.9. The van der Waals surface area contributed by atoms with Crippen molar-refractivity contribution in [1.82, 2.24) is 9.80 Å². The normalized spacial score (nSPS) is 23.7. The monoisotopic (exact) mass is 331 g/mol. The molecule has 2 fully saturated rings. The zero-order valence-electron chi connectivity index (χ0n) is 13.1. The maximum atomic E-state index is 12.3. The minimum absolute atomic E-state index is 0.0871. The first-order valence-electron chi connectivity index (χ1n) is 7.95. The Kier molecular flexibility index (Phi) is 5.55. The van der Waals surface area contributed by atoms with E-state index in [1.807, 2.05) is 35.2 Å². The Morgan fingerprint density at radius 3 is 2.70 bits per heavy atom. The van der Waals surface area contributed by atoms with E-state index in [1.54, 1.807) is 11.8 Å². The molecule has 0 aromatic heterocycles. The quantitative estimate of drug-likeness (QED) is 0.819. The Morgan fingerprint density at radius 2 is 2.00 bits per heavy atom. The van der Waals surface area contributed by atoms with Gasteiger partial charge in [0.1, 0.15) is 5.92 Å². The van der Waals surface area contributed by atoms with Gasteiger partial charge in [-0.3, -0.25) is 9.69 Å². The van der Waals surface area contributed by atoms with Gasteiger partial charge in [0.05, 0.1) is 30.4 Å². The minimum Gasteiger partial charge on any atom is -0.379 e. The molecule has 23 heavy (non-hydrogen) atoms. The molecule has 6 heteroatoms. The lowest BCUT2D eigenvalue weighted by Gasteiger charge is -2.32. The van der Waals surface area contributed by atoms with E-state index in [-0.39, 0.29) is 17.2 Å². The number of hydrogen-bond donors (Lipinski definition) is 0. The predicted molar refractivity (Wildman–Crippen MR) is 90.0 cm³/mol. The highest BCUT2D eigenvalue weighted by Gasteiger charge is 2.38. The van der Waals surface area contributed by atoms with Crippen molar-refractivity contribution in [1.29, 1.82) is 5.26 Å². The molecule has 1 amide bonds. The number of nitriles is 1. The summed E-state index contributed by atoms with van der Waals surface area (Å²) < 4.78 is 5.36. The molecule has 122 valence electrons. The summed E-state index contributed by atoms with van der Waals surface area (Å²) >= 11 is 1.58. The molecular weight excluding hydrogens is 310 g/mol. The number of benzene rings is 1. The van der Waals surface area contributed by atoms with Crippen LogP contribution < -0.4 is 0 Å². The first kappa shape index (κ1) is 16.3. The van der Waals surface area contributed by atoms with Crippen LogP contribution in [0.2, 0.25) is 0 Å². The van der Waals surface area contributed by atoms with E-state index in [4.69, 9.17) is 4.74 Å². The molecule has 0 saturated carbocycles. The number of carbonyl (C=O) groups is 1. The number of rotatable bonds is 5. The van der Waals surface area contributed by atoms with Gasteiger partial charge >= 0.3 is 0 Å². The van der Waals surface area contributed by atoms with Crippen molar-refractivity contribution >= 4 is 17.7 Å². The number of hydrogen-bond acceptors (Lipinski definition) is 5. The molecule has 2 saturated heterocycles. The molecule has 0 radical (unpaired) electrons. The van der Waals surface area contributed by atoms with Crippen molar-refractivity contribution in [3.8, 4) is 6.07 Å². The fourth-order valence-electron chi connectivity index (χ4n) is 3.04. The minimum atomic E-state index is -0.280. The molecule has 2 aliphatic heterocycles. The smallest absolute Gasteiger partial charge is 0.233 e. The summed E-state index contributed by atoms with van der Waals surface area (Å²) in [6.45, 7) is 4.88. The fourth-order valence-corrected chi connectivity index (χ4v) is 4.33. The standard InChI is InChI=1S/C17H21N3O2S/c18-12-15(14-4-2-1-3-5-14)17-20(16(21)13-23-17)7-6-19-8-10-22-11-9-19/h1-5,15,17H,6-11,13H2. The maximum Gasteiger partial charge on any atom is 0.233 e. The summed E-state index contributed by atoms with van der Waals surface area (Å²) in [6.07, 6.45) is 0. The number of thioether (sulfide) groups is 1. The van der Waals surface area contributed by atoms with Gasteiger partial charge in [0, 0.05) is 26.2 Å². The lowest BCUT2D eigenvalue weighted by Crippen LogP contribution is -2.44. The Morgan fingerprint density at radius 1 is 1.26 bits per heavy atom. The third-order valence-electron chi connectivity index (χ3n) is 4.35. The molecule has 5 nitrogen and oxygen atoms in total. The zero-order chi connectivity index (χ0) is 16.1. The Bertz CT molecular complexity index is 569. The summed E-state index contributed by atoms with van der Waals surface area (Å²) in [5.74, 6) is 0.334.